The molecule has 0 atom stereocenters. The van der Waals surface area contributed by atoms with Crippen molar-refractivity contribution in [1.29, 1.82) is 0 Å². The molecule has 0 aliphatic rings. The van der Waals surface area contributed by atoms with E-state index >= 15 is 0 Å². The number of halogens is 3. The second-order valence-corrected chi connectivity index (χ2v) is 4.30. The van der Waals surface area contributed by atoms with E-state index in [4.69, 9.17) is 0 Å². The number of anilines is 1. The average molecular weight is 303 g/mol. The largest absolute Gasteiger partial charge is 0.376 e. The fourth-order valence-electron chi connectivity index (χ4n) is 1.36. The summed E-state index contributed by atoms with van der Waals surface area (Å²) in [5.41, 5.74) is 1.01. The van der Waals surface area contributed by atoms with E-state index in [0.29, 0.717) is 11.0 Å². The Morgan fingerprint density at radius 1 is 1.41 bits per heavy atom. The Labute approximate surface area is 105 Å². The van der Waals surface area contributed by atoms with Gasteiger partial charge in [-0.05, 0) is 22.0 Å². The highest BCUT2D eigenvalue weighted by molar-refractivity contribution is 9.10. The molecule has 7 heteroatoms. The van der Waals surface area contributed by atoms with Crippen molar-refractivity contribution in [2.45, 2.75) is 6.54 Å². The van der Waals surface area contributed by atoms with E-state index in [-0.39, 0.29) is 5.69 Å². The van der Waals surface area contributed by atoms with Crippen molar-refractivity contribution in [3.8, 4) is 0 Å². The van der Waals surface area contributed by atoms with Crippen LogP contribution >= 0.6 is 15.9 Å². The highest BCUT2D eigenvalue weighted by Gasteiger charge is 2.10. The first kappa shape index (κ1) is 12.0. The summed E-state index contributed by atoms with van der Waals surface area (Å²) in [4.78, 5) is 0. The van der Waals surface area contributed by atoms with Crippen molar-refractivity contribution < 1.29 is 8.78 Å². The number of rotatable bonds is 3. The average Bonchev–Trinajstić information content (AvgIpc) is 2.62. The zero-order chi connectivity index (χ0) is 12.4. The molecule has 0 unspecified atom stereocenters. The third-order valence-electron chi connectivity index (χ3n) is 2.26. The maximum atomic E-state index is 13.5. The van der Waals surface area contributed by atoms with Crippen molar-refractivity contribution in [2.24, 2.45) is 7.05 Å². The molecule has 0 amide bonds. The zero-order valence-electron chi connectivity index (χ0n) is 8.91. The van der Waals surface area contributed by atoms with Crippen molar-refractivity contribution in [2.75, 3.05) is 5.32 Å². The fourth-order valence-corrected chi connectivity index (χ4v) is 1.91. The molecule has 1 heterocycles. The van der Waals surface area contributed by atoms with Gasteiger partial charge in [0.25, 0.3) is 0 Å². The SMILES string of the molecule is Cn1nncc1CNc1c(F)cc(F)cc1Br. The summed E-state index contributed by atoms with van der Waals surface area (Å²) in [5, 5.41) is 10.3. The van der Waals surface area contributed by atoms with Crippen LogP contribution in [-0.4, -0.2) is 15.0 Å². The number of aryl methyl sites for hydroxylation is 1. The van der Waals surface area contributed by atoms with Crippen molar-refractivity contribution >= 4 is 21.6 Å². The Hall–Kier alpha value is -1.50. The second kappa shape index (κ2) is 4.79. The van der Waals surface area contributed by atoms with Gasteiger partial charge >= 0.3 is 0 Å². The minimum Gasteiger partial charge on any atom is -0.376 e. The highest BCUT2D eigenvalue weighted by Crippen LogP contribution is 2.27. The van der Waals surface area contributed by atoms with Crippen LogP contribution in [0, 0.1) is 11.6 Å². The third kappa shape index (κ3) is 2.60. The summed E-state index contributed by atoms with van der Waals surface area (Å²) in [7, 11) is 1.74. The lowest BCUT2D eigenvalue weighted by molar-refractivity contribution is 0.583. The number of nitrogens with zero attached hydrogens (tertiary/aromatic N) is 3. The zero-order valence-corrected chi connectivity index (χ0v) is 10.5. The van der Waals surface area contributed by atoms with Gasteiger partial charge in [0.15, 0.2) is 0 Å². The maximum absolute atomic E-state index is 13.5. The predicted octanol–water partition coefficient (Wildman–Crippen LogP) is 2.47. The van der Waals surface area contributed by atoms with Crippen LogP contribution in [0.25, 0.3) is 0 Å². The summed E-state index contributed by atoms with van der Waals surface area (Å²) in [5.74, 6) is -1.27. The van der Waals surface area contributed by atoms with Crippen LogP contribution in [0.4, 0.5) is 14.5 Å². The van der Waals surface area contributed by atoms with Gasteiger partial charge in [-0.15, -0.1) is 5.10 Å². The quantitative estimate of drug-likeness (QED) is 0.947. The van der Waals surface area contributed by atoms with Crippen LogP contribution in [0.2, 0.25) is 0 Å². The molecule has 4 nitrogen and oxygen atoms in total. The Kier molecular flexibility index (Phi) is 3.37. The van der Waals surface area contributed by atoms with Gasteiger partial charge in [0.1, 0.15) is 11.6 Å². The van der Waals surface area contributed by atoms with Gasteiger partial charge in [0.05, 0.1) is 24.1 Å². The topological polar surface area (TPSA) is 42.7 Å². The lowest BCUT2D eigenvalue weighted by Crippen LogP contribution is -2.07. The van der Waals surface area contributed by atoms with E-state index in [2.05, 4.69) is 31.6 Å². The predicted molar refractivity (Wildman–Crippen MR) is 62.4 cm³/mol. The van der Waals surface area contributed by atoms with E-state index in [9.17, 15) is 8.78 Å². The molecule has 0 radical (unpaired) electrons. The van der Waals surface area contributed by atoms with Crippen LogP contribution in [0.1, 0.15) is 5.69 Å². The molecule has 0 bridgehead atoms. The summed E-state index contributed by atoms with van der Waals surface area (Å²) < 4.78 is 28.2. The Morgan fingerprint density at radius 2 is 2.18 bits per heavy atom. The minimum absolute atomic E-state index is 0.215. The first-order valence-corrected chi connectivity index (χ1v) is 5.59. The van der Waals surface area contributed by atoms with Crippen molar-refractivity contribution in [3.63, 3.8) is 0 Å². The fraction of sp³-hybridized carbons (Fsp3) is 0.200. The Bertz CT molecular complexity index is 518. The van der Waals surface area contributed by atoms with E-state index < -0.39 is 11.6 Å². The number of hydrogen-bond donors (Lipinski definition) is 1. The molecule has 2 rings (SSSR count). The monoisotopic (exact) mass is 302 g/mol. The minimum atomic E-state index is -0.646. The van der Waals surface area contributed by atoms with Crippen LogP contribution < -0.4 is 5.32 Å². The van der Waals surface area contributed by atoms with E-state index in [1.54, 1.807) is 17.9 Å². The van der Waals surface area contributed by atoms with Gasteiger partial charge in [-0.3, -0.25) is 4.68 Å². The molecule has 0 aliphatic carbocycles. The smallest absolute Gasteiger partial charge is 0.150 e. The number of aromatic nitrogens is 3. The molecule has 0 aliphatic heterocycles. The number of hydrogen-bond acceptors (Lipinski definition) is 3. The molecule has 1 N–H and O–H groups in total. The van der Waals surface area contributed by atoms with E-state index in [0.717, 1.165) is 11.8 Å². The third-order valence-corrected chi connectivity index (χ3v) is 2.89. The van der Waals surface area contributed by atoms with Crippen molar-refractivity contribution in [3.05, 3.63) is 40.1 Å². The first-order chi connectivity index (χ1) is 8.08. The molecule has 90 valence electrons. The Balaban J connectivity index is 2.17. The number of nitrogens with one attached hydrogen (secondary N) is 1. The lowest BCUT2D eigenvalue weighted by Gasteiger charge is -2.09. The summed E-state index contributed by atoms with van der Waals surface area (Å²) in [6, 6.07) is 2.03. The van der Waals surface area contributed by atoms with Crippen LogP contribution in [0.3, 0.4) is 0 Å². The lowest BCUT2D eigenvalue weighted by atomic mass is 10.3. The first-order valence-electron chi connectivity index (χ1n) is 4.80. The molecule has 17 heavy (non-hydrogen) atoms. The van der Waals surface area contributed by atoms with Crippen LogP contribution in [-0.2, 0) is 13.6 Å². The second-order valence-electron chi connectivity index (χ2n) is 3.45. The Morgan fingerprint density at radius 3 is 2.76 bits per heavy atom. The van der Waals surface area contributed by atoms with Crippen molar-refractivity contribution in [1.82, 2.24) is 15.0 Å². The van der Waals surface area contributed by atoms with Gasteiger partial charge < -0.3 is 5.32 Å². The van der Waals surface area contributed by atoms with Gasteiger partial charge in [-0.2, -0.15) is 0 Å². The van der Waals surface area contributed by atoms with Gasteiger partial charge in [0, 0.05) is 17.6 Å². The summed E-state index contributed by atoms with van der Waals surface area (Å²) >= 11 is 3.10. The molecule has 1 aromatic heterocycles. The molecule has 2 aromatic rings. The standard InChI is InChI=1S/C10H9BrF2N4/c1-17-7(5-15-16-17)4-14-10-8(11)2-6(12)3-9(10)13/h2-3,5,14H,4H2,1H3. The van der Waals surface area contributed by atoms with Gasteiger partial charge in [-0.25, -0.2) is 8.78 Å². The van der Waals surface area contributed by atoms with E-state index in [1.807, 2.05) is 0 Å². The van der Waals surface area contributed by atoms with Gasteiger partial charge in [-0.1, -0.05) is 5.21 Å². The summed E-state index contributed by atoms with van der Waals surface area (Å²) in [6.07, 6.45) is 1.57. The maximum Gasteiger partial charge on any atom is 0.150 e. The molecule has 0 saturated heterocycles. The van der Waals surface area contributed by atoms with Crippen LogP contribution in [0.15, 0.2) is 22.8 Å². The van der Waals surface area contributed by atoms with E-state index in [1.165, 1.54) is 6.07 Å². The molecular formula is C10H9BrF2N4. The highest BCUT2D eigenvalue weighted by atomic mass is 79.9. The number of benzene rings is 1. The normalized spacial score (nSPS) is 10.6. The molecule has 0 spiro atoms. The molecule has 1 aromatic carbocycles. The molecule has 0 saturated carbocycles. The van der Waals surface area contributed by atoms with Crippen LogP contribution in [0.5, 0.6) is 0 Å². The van der Waals surface area contributed by atoms with Gasteiger partial charge in [0.2, 0.25) is 0 Å². The summed E-state index contributed by atoms with van der Waals surface area (Å²) in [6.45, 7) is 0.352. The molecular weight excluding hydrogens is 294 g/mol. The molecule has 0 fully saturated rings.